The molecule has 1 saturated heterocycles. The molecule has 1 aliphatic heterocycles. The number of aryl methyl sites for hydroxylation is 1. The summed E-state index contributed by atoms with van der Waals surface area (Å²) in [6.45, 7) is 0. The van der Waals surface area contributed by atoms with Crippen LogP contribution in [0.3, 0.4) is 0 Å². The third kappa shape index (κ3) is 3.43. The van der Waals surface area contributed by atoms with Gasteiger partial charge in [0, 0.05) is 46.0 Å². The predicted octanol–water partition coefficient (Wildman–Crippen LogP) is 5.47. The zero-order valence-electron chi connectivity index (χ0n) is 18.5. The van der Waals surface area contributed by atoms with Crippen LogP contribution >= 0.6 is 11.6 Å². The van der Waals surface area contributed by atoms with E-state index in [-0.39, 0.29) is 11.3 Å². The first-order valence-corrected chi connectivity index (χ1v) is 11.0. The Morgan fingerprint density at radius 3 is 2.47 bits per heavy atom. The number of ether oxygens (including phenoxy) is 1. The molecule has 34 heavy (non-hydrogen) atoms. The summed E-state index contributed by atoms with van der Waals surface area (Å²) >= 11 is 6.07. The number of Topliss-reactive ketones (excluding diaryl/α,β-unsaturated/α-hetero) is 1. The van der Waals surface area contributed by atoms with E-state index in [2.05, 4.69) is 0 Å². The molecule has 1 unspecified atom stereocenters. The number of carbonyl (C=O) groups excluding carboxylic acids is 2. The summed E-state index contributed by atoms with van der Waals surface area (Å²) in [7, 11) is 3.43. The van der Waals surface area contributed by atoms with E-state index in [0.717, 1.165) is 16.5 Å². The molecule has 1 N–H and O–H groups in total. The van der Waals surface area contributed by atoms with E-state index >= 15 is 0 Å². The fourth-order valence-electron chi connectivity index (χ4n) is 4.51. The average molecular weight is 473 g/mol. The number of hydrogen-bond acceptors (Lipinski definition) is 4. The van der Waals surface area contributed by atoms with Crippen molar-refractivity contribution in [3.05, 3.63) is 101 Å². The average Bonchev–Trinajstić information content (AvgIpc) is 3.33. The van der Waals surface area contributed by atoms with E-state index in [1.54, 1.807) is 48.5 Å². The molecule has 0 spiro atoms. The Morgan fingerprint density at radius 1 is 1.00 bits per heavy atom. The van der Waals surface area contributed by atoms with Crippen molar-refractivity contribution in [3.63, 3.8) is 0 Å². The number of aliphatic hydroxyl groups excluding tert-OH is 1. The Labute approximate surface area is 201 Å². The van der Waals surface area contributed by atoms with Crippen molar-refractivity contribution in [2.24, 2.45) is 7.05 Å². The van der Waals surface area contributed by atoms with Gasteiger partial charge in [-0.25, -0.2) is 0 Å². The van der Waals surface area contributed by atoms with Crippen LogP contribution in [-0.4, -0.2) is 28.5 Å². The smallest absolute Gasteiger partial charge is 0.300 e. The van der Waals surface area contributed by atoms with E-state index in [4.69, 9.17) is 16.3 Å². The predicted molar refractivity (Wildman–Crippen MR) is 132 cm³/mol. The number of amides is 1. The lowest BCUT2D eigenvalue weighted by Crippen LogP contribution is -2.29. The van der Waals surface area contributed by atoms with Crippen LogP contribution in [0, 0.1) is 0 Å². The van der Waals surface area contributed by atoms with Crippen LogP contribution in [0.4, 0.5) is 5.69 Å². The van der Waals surface area contributed by atoms with Crippen LogP contribution < -0.4 is 9.64 Å². The number of ketones is 1. The largest absolute Gasteiger partial charge is 0.507 e. The summed E-state index contributed by atoms with van der Waals surface area (Å²) in [6, 6.07) is 20.4. The number of carbonyl (C=O) groups is 2. The standard InChI is InChI=1S/C27H21ClN2O4/c1-29-15-21(20-8-3-4-9-22(20)29)24-23(25(31)16-6-5-7-19(14-16)34-2)26(32)27(33)30(24)18-12-10-17(28)11-13-18/h3-15,24,31H,1-2H3/b25-23+. The lowest BCUT2D eigenvalue weighted by atomic mass is 9.94. The number of hydrogen-bond donors (Lipinski definition) is 1. The lowest BCUT2D eigenvalue weighted by Gasteiger charge is -2.25. The first-order valence-electron chi connectivity index (χ1n) is 10.7. The molecule has 1 aliphatic rings. The van der Waals surface area contributed by atoms with Gasteiger partial charge in [0.05, 0.1) is 18.7 Å². The fourth-order valence-corrected chi connectivity index (χ4v) is 4.64. The number of methoxy groups -OCH3 is 1. The fraction of sp³-hybridized carbons (Fsp3) is 0.111. The molecular weight excluding hydrogens is 452 g/mol. The molecule has 0 aliphatic carbocycles. The van der Waals surface area contributed by atoms with Crippen molar-refractivity contribution in [3.8, 4) is 5.75 Å². The van der Waals surface area contributed by atoms with Gasteiger partial charge in [-0.2, -0.15) is 0 Å². The number of nitrogens with zero attached hydrogens (tertiary/aromatic N) is 2. The van der Waals surface area contributed by atoms with Crippen molar-refractivity contribution in [1.82, 2.24) is 4.57 Å². The van der Waals surface area contributed by atoms with E-state index in [0.29, 0.717) is 22.0 Å². The topological polar surface area (TPSA) is 71.8 Å². The summed E-state index contributed by atoms with van der Waals surface area (Å²) in [5, 5.41) is 12.7. The minimum absolute atomic E-state index is 0.0181. The van der Waals surface area contributed by atoms with E-state index in [9.17, 15) is 14.7 Å². The van der Waals surface area contributed by atoms with E-state index in [1.807, 2.05) is 42.1 Å². The number of para-hydroxylation sites is 1. The summed E-state index contributed by atoms with van der Waals surface area (Å²) in [6.07, 6.45) is 1.89. The van der Waals surface area contributed by atoms with E-state index < -0.39 is 17.7 Å². The molecule has 170 valence electrons. The highest BCUT2D eigenvalue weighted by molar-refractivity contribution is 6.52. The highest BCUT2D eigenvalue weighted by atomic mass is 35.5. The Kier molecular flexibility index (Phi) is 5.38. The van der Waals surface area contributed by atoms with Gasteiger partial charge in [-0.1, -0.05) is 41.9 Å². The molecule has 1 fully saturated rings. The van der Waals surface area contributed by atoms with Gasteiger partial charge in [0.1, 0.15) is 11.5 Å². The zero-order valence-corrected chi connectivity index (χ0v) is 19.3. The van der Waals surface area contributed by atoms with Crippen molar-refractivity contribution in [1.29, 1.82) is 0 Å². The van der Waals surface area contributed by atoms with Crippen LogP contribution in [0.15, 0.2) is 84.6 Å². The highest BCUT2D eigenvalue weighted by Gasteiger charge is 2.47. The first-order chi connectivity index (χ1) is 16.4. The second kappa shape index (κ2) is 8.39. The molecule has 0 bridgehead atoms. The third-order valence-corrected chi connectivity index (χ3v) is 6.37. The lowest BCUT2D eigenvalue weighted by molar-refractivity contribution is -0.132. The molecule has 0 radical (unpaired) electrons. The Hall–Kier alpha value is -4.03. The van der Waals surface area contributed by atoms with Crippen LogP contribution in [0.25, 0.3) is 16.7 Å². The van der Waals surface area contributed by atoms with Crippen molar-refractivity contribution in [2.75, 3.05) is 12.0 Å². The third-order valence-electron chi connectivity index (χ3n) is 6.11. The molecule has 6 nitrogen and oxygen atoms in total. The molecule has 5 rings (SSSR count). The number of rotatable bonds is 4. The second-order valence-electron chi connectivity index (χ2n) is 8.09. The van der Waals surface area contributed by atoms with Crippen LogP contribution in [0.2, 0.25) is 5.02 Å². The Bertz CT molecular complexity index is 1470. The number of aromatic nitrogens is 1. The summed E-state index contributed by atoms with van der Waals surface area (Å²) in [5.74, 6) is -1.21. The summed E-state index contributed by atoms with van der Waals surface area (Å²) < 4.78 is 7.22. The number of aliphatic hydroxyl groups is 1. The van der Waals surface area contributed by atoms with Gasteiger partial charge in [0.2, 0.25) is 0 Å². The maximum absolute atomic E-state index is 13.4. The SMILES string of the molecule is COc1cccc(/C(O)=C2\C(=O)C(=O)N(c3ccc(Cl)cc3)C2c2cn(C)c3ccccc23)c1. The summed E-state index contributed by atoms with van der Waals surface area (Å²) in [4.78, 5) is 28.2. The van der Waals surface area contributed by atoms with Gasteiger partial charge in [-0.3, -0.25) is 14.5 Å². The summed E-state index contributed by atoms with van der Waals surface area (Å²) in [5.41, 5.74) is 2.59. The van der Waals surface area contributed by atoms with Crippen molar-refractivity contribution < 1.29 is 19.4 Å². The minimum Gasteiger partial charge on any atom is -0.507 e. The molecule has 1 aromatic heterocycles. The Balaban J connectivity index is 1.80. The molecule has 1 amide bonds. The van der Waals surface area contributed by atoms with Gasteiger partial charge in [0.25, 0.3) is 11.7 Å². The van der Waals surface area contributed by atoms with Crippen LogP contribution in [0.5, 0.6) is 5.75 Å². The number of halogens is 1. The molecule has 2 heterocycles. The molecule has 7 heteroatoms. The maximum Gasteiger partial charge on any atom is 0.300 e. The molecule has 3 aromatic carbocycles. The normalized spacial score (nSPS) is 17.5. The molecular formula is C27H21ClN2O4. The molecule has 1 atom stereocenters. The second-order valence-corrected chi connectivity index (χ2v) is 8.53. The van der Waals surface area contributed by atoms with E-state index in [1.165, 1.54) is 12.0 Å². The van der Waals surface area contributed by atoms with Crippen molar-refractivity contribution >= 4 is 45.6 Å². The van der Waals surface area contributed by atoms with Gasteiger partial charge >= 0.3 is 0 Å². The van der Waals surface area contributed by atoms with Gasteiger partial charge < -0.3 is 14.4 Å². The number of fused-ring (bicyclic) bond motifs is 1. The van der Waals surface area contributed by atoms with Crippen molar-refractivity contribution in [2.45, 2.75) is 6.04 Å². The van der Waals surface area contributed by atoms with Crippen LogP contribution in [0.1, 0.15) is 17.2 Å². The van der Waals surface area contributed by atoms with Gasteiger partial charge in [0.15, 0.2) is 0 Å². The highest BCUT2D eigenvalue weighted by Crippen LogP contribution is 2.44. The number of anilines is 1. The van der Waals surface area contributed by atoms with Gasteiger partial charge in [-0.15, -0.1) is 0 Å². The van der Waals surface area contributed by atoms with Crippen LogP contribution in [-0.2, 0) is 16.6 Å². The molecule has 4 aromatic rings. The number of benzene rings is 3. The zero-order chi connectivity index (χ0) is 24.0. The van der Waals surface area contributed by atoms with Gasteiger partial charge in [-0.05, 0) is 42.5 Å². The quantitative estimate of drug-likeness (QED) is 0.243. The monoisotopic (exact) mass is 472 g/mol. The maximum atomic E-state index is 13.4. The minimum atomic E-state index is -0.835. The first kappa shape index (κ1) is 21.8. The molecule has 0 saturated carbocycles. The Morgan fingerprint density at radius 2 is 1.74 bits per heavy atom.